The van der Waals surface area contributed by atoms with E-state index in [1.165, 1.54) is 55.9 Å². The lowest BCUT2D eigenvalue weighted by Gasteiger charge is -2.40. The van der Waals surface area contributed by atoms with Crippen LogP contribution in [0.5, 0.6) is 5.75 Å². The number of benzene rings is 2. The number of aliphatic hydroxyl groups excluding tert-OH is 1. The Hall–Kier alpha value is -2.15. The first kappa shape index (κ1) is 35.0. The van der Waals surface area contributed by atoms with Gasteiger partial charge in [0, 0.05) is 25.1 Å². The summed E-state index contributed by atoms with van der Waals surface area (Å²) < 4.78 is 20.3. The Bertz CT molecular complexity index is 1060. The van der Waals surface area contributed by atoms with E-state index in [2.05, 4.69) is 55.7 Å². The SMILES string of the molecule is CCCCCCCOc1cc(F)cc(C[C@H](NC(C)=O)[C@H](O)CNC2(c3cccc(C(C)C)c3)CCCCC2)c1.Cl. The van der Waals surface area contributed by atoms with E-state index < -0.39 is 12.1 Å². The van der Waals surface area contributed by atoms with E-state index >= 15 is 0 Å². The molecule has 2 aromatic carbocycles. The van der Waals surface area contributed by atoms with Gasteiger partial charge in [-0.25, -0.2) is 4.39 Å². The van der Waals surface area contributed by atoms with E-state index in [0.29, 0.717) is 36.8 Å². The number of aliphatic hydroxyl groups is 1. The zero-order chi connectivity index (χ0) is 29.0. The van der Waals surface area contributed by atoms with Crippen LogP contribution in [0, 0.1) is 5.82 Å². The van der Waals surface area contributed by atoms with Gasteiger partial charge < -0.3 is 20.5 Å². The minimum atomic E-state index is -0.845. The molecule has 7 heteroatoms. The van der Waals surface area contributed by atoms with E-state index in [9.17, 15) is 14.3 Å². The van der Waals surface area contributed by atoms with Gasteiger partial charge in [-0.15, -0.1) is 12.4 Å². The second-order valence-corrected chi connectivity index (χ2v) is 11.9. The van der Waals surface area contributed by atoms with Gasteiger partial charge >= 0.3 is 0 Å². The van der Waals surface area contributed by atoms with Crippen molar-refractivity contribution in [1.82, 2.24) is 10.6 Å². The minimum Gasteiger partial charge on any atom is -0.493 e. The number of carbonyl (C=O) groups excluding carboxylic acids is 1. The number of ether oxygens (including phenoxy) is 1. The third kappa shape index (κ3) is 11.2. The van der Waals surface area contributed by atoms with Gasteiger partial charge in [0.15, 0.2) is 0 Å². The van der Waals surface area contributed by atoms with E-state index in [1.807, 2.05) is 6.07 Å². The lowest BCUT2D eigenvalue weighted by atomic mass is 9.75. The summed E-state index contributed by atoms with van der Waals surface area (Å²) in [6, 6.07) is 12.9. The topological polar surface area (TPSA) is 70.6 Å². The number of hydrogen-bond acceptors (Lipinski definition) is 4. The van der Waals surface area contributed by atoms with Crippen LogP contribution in [0.1, 0.15) is 115 Å². The predicted molar refractivity (Wildman–Crippen MR) is 169 cm³/mol. The molecule has 0 bridgehead atoms. The standard InChI is InChI=1S/C34H51FN2O3.ClH/c1-5-6-7-8-12-18-40-31-20-27(19-30(35)23-31)21-32(37-26(4)38)33(39)24-36-34(16-10-9-11-17-34)29-15-13-14-28(22-29)25(2)3;/h13-15,19-20,22-23,25,32-33,36,39H,5-12,16-18,21,24H2,1-4H3,(H,37,38);1H/t32-,33+;/m0./s1. The first-order chi connectivity index (χ1) is 19.2. The summed E-state index contributed by atoms with van der Waals surface area (Å²) in [5.41, 5.74) is 3.06. The average Bonchev–Trinajstić information content (AvgIpc) is 2.93. The molecule has 2 aromatic rings. The Morgan fingerprint density at radius 3 is 2.46 bits per heavy atom. The number of amides is 1. The van der Waals surface area contributed by atoms with Gasteiger partial charge in [-0.1, -0.05) is 90.0 Å². The Labute approximate surface area is 253 Å². The highest BCUT2D eigenvalue weighted by atomic mass is 35.5. The number of unbranched alkanes of at least 4 members (excludes halogenated alkanes) is 4. The first-order valence-electron chi connectivity index (χ1n) is 15.5. The zero-order valence-corrected chi connectivity index (χ0v) is 26.3. The van der Waals surface area contributed by atoms with Crippen LogP contribution in [0.3, 0.4) is 0 Å². The fourth-order valence-electron chi connectivity index (χ4n) is 5.88. The zero-order valence-electron chi connectivity index (χ0n) is 25.5. The van der Waals surface area contributed by atoms with Crippen molar-refractivity contribution in [2.45, 2.75) is 122 Å². The Balaban J connectivity index is 0.00000588. The quantitative estimate of drug-likeness (QED) is 0.176. The van der Waals surface area contributed by atoms with Crippen LogP contribution in [-0.2, 0) is 16.8 Å². The van der Waals surface area contributed by atoms with Crippen molar-refractivity contribution in [3.05, 3.63) is 65.0 Å². The second kappa shape index (κ2) is 17.7. The molecule has 0 aliphatic heterocycles. The van der Waals surface area contributed by atoms with Crippen molar-refractivity contribution in [2.75, 3.05) is 13.2 Å². The van der Waals surface area contributed by atoms with E-state index in [0.717, 1.165) is 38.5 Å². The Kier molecular flexibility index (Phi) is 15.2. The molecule has 1 aliphatic carbocycles. The maximum atomic E-state index is 14.5. The molecule has 5 nitrogen and oxygen atoms in total. The van der Waals surface area contributed by atoms with E-state index in [-0.39, 0.29) is 29.7 Å². The molecule has 1 saturated carbocycles. The molecule has 0 spiro atoms. The second-order valence-electron chi connectivity index (χ2n) is 11.9. The number of carbonyl (C=O) groups is 1. The molecule has 1 fully saturated rings. The minimum absolute atomic E-state index is 0. The summed E-state index contributed by atoms with van der Waals surface area (Å²) in [4.78, 5) is 12.1. The van der Waals surface area contributed by atoms with Crippen LogP contribution in [0.2, 0.25) is 0 Å². The fraction of sp³-hybridized carbons (Fsp3) is 0.618. The monoisotopic (exact) mass is 590 g/mol. The molecule has 0 radical (unpaired) electrons. The van der Waals surface area contributed by atoms with Crippen LogP contribution < -0.4 is 15.4 Å². The summed E-state index contributed by atoms with van der Waals surface area (Å²) in [5.74, 6) is 0.335. The highest BCUT2D eigenvalue weighted by Gasteiger charge is 2.35. The van der Waals surface area contributed by atoms with E-state index in [1.54, 1.807) is 0 Å². The lowest BCUT2D eigenvalue weighted by Crippen LogP contribution is -2.53. The van der Waals surface area contributed by atoms with Gasteiger partial charge in [0.2, 0.25) is 5.91 Å². The van der Waals surface area contributed by atoms with Gasteiger partial charge in [-0.3, -0.25) is 4.79 Å². The molecule has 3 rings (SSSR count). The van der Waals surface area contributed by atoms with Crippen LogP contribution in [0.15, 0.2) is 42.5 Å². The van der Waals surface area contributed by atoms with Crippen LogP contribution in [-0.4, -0.2) is 36.3 Å². The van der Waals surface area contributed by atoms with Crippen molar-refractivity contribution in [2.24, 2.45) is 0 Å². The van der Waals surface area contributed by atoms with Crippen LogP contribution in [0.25, 0.3) is 0 Å². The molecule has 1 aliphatic rings. The number of halogens is 2. The van der Waals surface area contributed by atoms with Gasteiger partial charge in [-0.2, -0.15) is 0 Å². The molecule has 3 N–H and O–H groups in total. The molecule has 2 atom stereocenters. The third-order valence-electron chi connectivity index (χ3n) is 8.22. The normalized spacial score (nSPS) is 16.1. The molecule has 230 valence electrons. The van der Waals surface area contributed by atoms with Gasteiger partial charge in [0.25, 0.3) is 0 Å². The highest BCUT2D eigenvalue weighted by molar-refractivity contribution is 5.85. The summed E-state index contributed by atoms with van der Waals surface area (Å²) in [6.45, 7) is 8.93. The largest absolute Gasteiger partial charge is 0.493 e. The molecule has 0 saturated heterocycles. The molecule has 1 amide bonds. The maximum absolute atomic E-state index is 14.5. The molecule has 0 unspecified atom stereocenters. The third-order valence-corrected chi connectivity index (χ3v) is 8.22. The number of hydrogen-bond donors (Lipinski definition) is 3. The fourth-order valence-corrected chi connectivity index (χ4v) is 5.88. The molecule has 41 heavy (non-hydrogen) atoms. The van der Waals surface area contributed by atoms with Crippen molar-refractivity contribution < 1.29 is 19.0 Å². The van der Waals surface area contributed by atoms with Gasteiger partial charge in [-0.05, 0) is 60.4 Å². The predicted octanol–water partition coefficient (Wildman–Crippen LogP) is 7.58. The summed E-state index contributed by atoms with van der Waals surface area (Å²) >= 11 is 0. The maximum Gasteiger partial charge on any atom is 0.217 e. The summed E-state index contributed by atoms with van der Waals surface area (Å²) in [7, 11) is 0. The van der Waals surface area contributed by atoms with Crippen molar-refractivity contribution in [3.63, 3.8) is 0 Å². The summed E-state index contributed by atoms with van der Waals surface area (Å²) in [6.07, 6.45) is 10.6. The smallest absolute Gasteiger partial charge is 0.217 e. The first-order valence-corrected chi connectivity index (χ1v) is 15.5. The highest BCUT2D eigenvalue weighted by Crippen LogP contribution is 2.38. The van der Waals surface area contributed by atoms with Crippen molar-refractivity contribution >= 4 is 18.3 Å². The molecule has 0 aromatic heterocycles. The van der Waals surface area contributed by atoms with Gasteiger partial charge in [0.1, 0.15) is 11.6 Å². The molecular weight excluding hydrogens is 539 g/mol. The lowest BCUT2D eigenvalue weighted by molar-refractivity contribution is -0.120. The van der Waals surface area contributed by atoms with Crippen molar-refractivity contribution in [3.8, 4) is 5.75 Å². The Morgan fingerprint density at radius 2 is 1.78 bits per heavy atom. The average molecular weight is 591 g/mol. The summed E-state index contributed by atoms with van der Waals surface area (Å²) in [5, 5.41) is 18.0. The molecule has 0 heterocycles. The molecular formula is C34H52ClFN2O3. The number of nitrogens with one attached hydrogen (secondary N) is 2. The van der Waals surface area contributed by atoms with Crippen LogP contribution >= 0.6 is 12.4 Å². The number of rotatable bonds is 16. The van der Waals surface area contributed by atoms with Crippen LogP contribution in [0.4, 0.5) is 4.39 Å². The van der Waals surface area contributed by atoms with E-state index in [4.69, 9.17) is 4.74 Å². The van der Waals surface area contributed by atoms with Gasteiger partial charge in [0.05, 0.1) is 18.8 Å². The van der Waals surface area contributed by atoms with Crippen molar-refractivity contribution in [1.29, 1.82) is 0 Å². The Morgan fingerprint density at radius 1 is 1.05 bits per heavy atom.